The number of carbonyl (C=O) groups is 1. The van der Waals surface area contributed by atoms with Gasteiger partial charge in [-0.3, -0.25) is 9.20 Å². The minimum atomic E-state index is -0.231. The molecule has 0 saturated carbocycles. The van der Waals surface area contributed by atoms with Gasteiger partial charge in [-0.15, -0.1) is 12.4 Å². The van der Waals surface area contributed by atoms with Gasteiger partial charge >= 0.3 is 0 Å². The summed E-state index contributed by atoms with van der Waals surface area (Å²) in [6.45, 7) is 1.99. The SMILES string of the molecule is Cc1nc2c(OCc3c(Cl)ccc(N(C)C(=O)CNC(=S)Nc4ccccc4)c3Cl)cccn2c1Br.Cl. The average Bonchev–Trinajstić information content (AvgIpc) is 3.16. The molecule has 194 valence electrons. The number of aromatic nitrogens is 2. The van der Waals surface area contributed by atoms with Gasteiger partial charge in [0.05, 0.1) is 22.9 Å². The van der Waals surface area contributed by atoms with Gasteiger partial charge in [-0.1, -0.05) is 41.4 Å². The van der Waals surface area contributed by atoms with Crippen molar-refractivity contribution < 1.29 is 9.53 Å². The number of aryl methyl sites for hydroxylation is 1. The van der Waals surface area contributed by atoms with Gasteiger partial charge in [0.2, 0.25) is 5.91 Å². The van der Waals surface area contributed by atoms with Crippen LogP contribution in [-0.2, 0) is 11.4 Å². The molecule has 4 rings (SSSR count). The highest BCUT2D eigenvalue weighted by molar-refractivity contribution is 9.10. The van der Waals surface area contributed by atoms with Gasteiger partial charge in [0.15, 0.2) is 16.5 Å². The Balaban J connectivity index is 0.00000380. The van der Waals surface area contributed by atoms with E-state index in [1.165, 1.54) is 4.90 Å². The maximum Gasteiger partial charge on any atom is 0.246 e. The first-order valence-electron chi connectivity index (χ1n) is 10.9. The van der Waals surface area contributed by atoms with Crippen LogP contribution < -0.4 is 20.3 Å². The zero-order valence-electron chi connectivity index (χ0n) is 19.8. The molecule has 4 aromatic rings. The lowest BCUT2D eigenvalue weighted by Gasteiger charge is -2.22. The van der Waals surface area contributed by atoms with Gasteiger partial charge in [-0.2, -0.15) is 0 Å². The standard InChI is InChI=1S/C25H22BrCl2N5O2S.ClH/c1-15-23(26)33-12-6-9-20(24(33)30-15)35-14-17-18(27)10-11-19(22(17)28)32(2)21(34)13-29-25(36)31-16-7-4-3-5-8-16;/h3-12H,13-14H2,1-2H3,(H2,29,31,36);1H. The van der Waals surface area contributed by atoms with E-state index in [0.29, 0.717) is 37.8 Å². The predicted molar refractivity (Wildman–Crippen MR) is 160 cm³/mol. The third-order valence-corrected chi connectivity index (χ3v) is 7.40. The minimum Gasteiger partial charge on any atom is -0.485 e. The number of thiocarbonyl (C=S) groups is 1. The lowest BCUT2D eigenvalue weighted by Crippen LogP contribution is -2.40. The number of likely N-dealkylation sites (N-methyl/N-ethyl adjacent to an activating group) is 1. The quantitative estimate of drug-likeness (QED) is 0.220. The maximum atomic E-state index is 12.8. The number of hydrogen-bond acceptors (Lipinski definition) is 4. The van der Waals surface area contributed by atoms with Crippen molar-refractivity contribution in [1.82, 2.24) is 14.7 Å². The van der Waals surface area contributed by atoms with Crippen LogP contribution in [0.2, 0.25) is 10.0 Å². The van der Waals surface area contributed by atoms with Crippen LogP contribution in [0.15, 0.2) is 65.4 Å². The molecule has 2 N–H and O–H groups in total. The van der Waals surface area contributed by atoms with E-state index in [4.69, 9.17) is 40.2 Å². The first-order chi connectivity index (χ1) is 17.3. The van der Waals surface area contributed by atoms with Crippen molar-refractivity contribution in [1.29, 1.82) is 0 Å². The fourth-order valence-electron chi connectivity index (χ4n) is 3.47. The van der Waals surface area contributed by atoms with Crippen LogP contribution in [0.3, 0.4) is 0 Å². The molecular formula is C25H23BrCl3N5O2S. The number of pyridine rings is 1. The second kappa shape index (κ2) is 12.8. The van der Waals surface area contributed by atoms with Crippen molar-refractivity contribution >= 4 is 91.8 Å². The Morgan fingerprint density at radius 2 is 1.89 bits per heavy atom. The zero-order chi connectivity index (χ0) is 25.8. The molecule has 2 aromatic carbocycles. The highest BCUT2D eigenvalue weighted by Gasteiger charge is 2.19. The summed E-state index contributed by atoms with van der Waals surface area (Å²) in [4.78, 5) is 18.9. The minimum absolute atomic E-state index is 0. The molecule has 0 spiro atoms. The molecule has 12 heteroatoms. The number of fused-ring (bicyclic) bond motifs is 1. The molecule has 0 unspecified atom stereocenters. The largest absolute Gasteiger partial charge is 0.485 e. The van der Waals surface area contributed by atoms with Crippen LogP contribution in [0.4, 0.5) is 11.4 Å². The van der Waals surface area contributed by atoms with Crippen molar-refractivity contribution in [3.05, 3.63) is 86.7 Å². The summed E-state index contributed by atoms with van der Waals surface area (Å²) >= 11 is 21.9. The van der Waals surface area contributed by atoms with Crippen molar-refractivity contribution in [2.45, 2.75) is 13.5 Å². The molecule has 2 heterocycles. The number of ether oxygens (including phenoxy) is 1. The average molecular weight is 644 g/mol. The molecule has 37 heavy (non-hydrogen) atoms. The number of amides is 1. The Morgan fingerprint density at radius 3 is 2.62 bits per heavy atom. The summed E-state index contributed by atoms with van der Waals surface area (Å²) in [6, 6.07) is 16.5. The Bertz CT molecular complexity index is 1440. The molecule has 1 amide bonds. The van der Waals surface area contributed by atoms with E-state index >= 15 is 0 Å². The molecule has 0 fully saturated rings. The topological polar surface area (TPSA) is 70.9 Å². The number of rotatable bonds is 7. The first-order valence-corrected chi connectivity index (χ1v) is 12.8. The summed E-state index contributed by atoms with van der Waals surface area (Å²) in [7, 11) is 1.64. The molecule has 0 aliphatic carbocycles. The molecule has 0 saturated heterocycles. The highest BCUT2D eigenvalue weighted by atomic mass is 79.9. The lowest BCUT2D eigenvalue weighted by molar-refractivity contribution is -0.117. The van der Waals surface area contributed by atoms with E-state index in [-0.39, 0.29) is 31.5 Å². The van der Waals surface area contributed by atoms with Gasteiger partial charge in [0.1, 0.15) is 11.2 Å². The van der Waals surface area contributed by atoms with Crippen molar-refractivity contribution in [3.63, 3.8) is 0 Å². The number of hydrogen-bond donors (Lipinski definition) is 2. The molecule has 0 radical (unpaired) electrons. The Kier molecular flexibility index (Phi) is 10.0. The van der Waals surface area contributed by atoms with Crippen molar-refractivity contribution in [2.75, 3.05) is 23.8 Å². The number of anilines is 2. The smallest absolute Gasteiger partial charge is 0.246 e. The van der Waals surface area contributed by atoms with Crippen LogP contribution in [-0.4, -0.2) is 34.0 Å². The molecule has 0 aliphatic rings. The molecule has 7 nitrogen and oxygen atoms in total. The second-order valence-corrected chi connectivity index (χ2v) is 9.77. The second-order valence-electron chi connectivity index (χ2n) is 7.83. The lowest BCUT2D eigenvalue weighted by atomic mass is 10.2. The third kappa shape index (κ3) is 6.66. The summed E-state index contributed by atoms with van der Waals surface area (Å²) in [6.07, 6.45) is 1.89. The Morgan fingerprint density at radius 1 is 1.16 bits per heavy atom. The van der Waals surface area contributed by atoms with E-state index in [1.54, 1.807) is 19.2 Å². The number of halogens is 4. The number of carbonyl (C=O) groups excluding carboxylic acids is 1. The number of benzene rings is 2. The van der Waals surface area contributed by atoms with Crippen molar-refractivity contribution in [3.8, 4) is 5.75 Å². The molecule has 0 bridgehead atoms. The van der Waals surface area contributed by atoms with Crippen LogP contribution in [0, 0.1) is 6.92 Å². The monoisotopic (exact) mass is 641 g/mol. The zero-order valence-corrected chi connectivity index (χ0v) is 24.5. The first kappa shape index (κ1) is 29.0. The molecule has 2 aromatic heterocycles. The van der Waals surface area contributed by atoms with E-state index in [1.807, 2.05) is 60.0 Å². The van der Waals surface area contributed by atoms with Gasteiger partial charge in [-0.25, -0.2) is 4.98 Å². The molecule has 0 atom stereocenters. The van der Waals surface area contributed by atoms with Gasteiger partial charge < -0.3 is 20.3 Å². The van der Waals surface area contributed by atoms with E-state index in [2.05, 4.69) is 31.5 Å². The van der Waals surface area contributed by atoms with Gasteiger partial charge in [0, 0.05) is 29.5 Å². The van der Waals surface area contributed by atoms with Crippen LogP contribution >= 0.6 is 63.8 Å². The summed E-state index contributed by atoms with van der Waals surface area (Å²) in [5.41, 5.74) is 3.41. The highest BCUT2D eigenvalue weighted by Crippen LogP contribution is 2.35. The Hall–Kier alpha value is -2.56. The summed E-state index contributed by atoms with van der Waals surface area (Å²) in [5.74, 6) is 0.350. The van der Waals surface area contributed by atoms with Crippen LogP contribution in [0.25, 0.3) is 5.65 Å². The predicted octanol–water partition coefficient (Wildman–Crippen LogP) is 6.66. The van der Waals surface area contributed by atoms with Gasteiger partial charge in [0.25, 0.3) is 0 Å². The molecular weight excluding hydrogens is 621 g/mol. The number of nitrogens with zero attached hydrogens (tertiary/aromatic N) is 3. The fraction of sp³-hybridized carbons (Fsp3) is 0.160. The fourth-order valence-corrected chi connectivity index (χ4v) is 4.64. The van der Waals surface area contributed by atoms with Crippen LogP contribution in [0.5, 0.6) is 5.75 Å². The van der Waals surface area contributed by atoms with Crippen molar-refractivity contribution in [2.24, 2.45) is 0 Å². The van der Waals surface area contributed by atoms with E-state index < -0.39 is 0 Å². The summed E-state index contributed by atoms with van der Waals surface area (Å²) < 4.78 is 8.80. The molecule has 0 aliphatic heterocycles. The third-order valence-electron chi connectivity index (χ3n) is 5.42. The van der Waals surface area contributed by atoms with E-state index in [0.717, 1.165) is 16.0 Å². The van der Waals surface area contributed by atoms with Gasteiger partial charge in [-0.05, 0) is 71.5 Å². The summed E-state index contributed by atoms with van der Waals surface area (Å²) in [5, 5.41) is 7.06. The number of nitrogens with one attached hydrogen (secondary N) is 2. The Labute approximate surface area is 244 Å². The van der Waals surface area contributed by atoms with E-state index in [9.17, 15) is 4.79 Å². The number of imidazole rings is 1. The number of para-hydroxylation sites is 1. The maximum absolute atomic E-state index is 12.8. The normalized spacial score (nSPS) is 10.5. The van der Waals surface area contributed by atoms with Crippen LogP contribution in [0.1, 0.15) is 11.3 Å².